The van der Waals surface area contributed by atoms with Crippen LogP contribution >= 0.6 is 11.3 Å². The lowest BCUT2D eigenvalue weighted by atomic mass is 9.81. The second-order valence-corrected chi connectivity index (χ2v) is 8.97. The molecule has 1 aromatic carbocycles. The van der Waals surface area contributed by atoms with E-state index in [-0.39, 0.29) is 23.4 Å². The fourth-order valence-electron chi connectivity index (χ4n) is 3.26. The molecule has 1 saturated carbocycles. The zero-order valence-electron chi connectivity index (χ0n) is 16.4. The van der Waals surface area contributed by atoms with Crippen molar-refractivity contribution in [2.24, 2.45) is 0 Å². The Bertz CT molecular complexity index is 1010. The van der Waals surface area contributed by atoms with E-state index in [9.17, 15) is 9.18 Å². The van der Waals surface area contributed by atoms with Crippen molar-refractivity contribution in [3.63, 3.8) is 0 Å². The van der Waals surface area contributed by atoms with Crippen LogP contribution < -0.4 is 5.32 Å². The van der Waals surface area contributed by atoms with E-state index in [1.807, 2.05) is 26.2 Å². The highest BCUT2D eigenvalue weighted by Crippen LogP contribution is 2.40. The molecule has 0 radical (unpaired) electrons. The number of halogens is 1. The molecule has 1 fully saturated rings. The van der Waals surface area contributed by atoms with E-state index in [2.05, 4.69) is 20.5 Å². The van der Waals surface area contributed by atoms with E-state index < -0.39 is 6.09 Å². The van der Waals surface area contributed by atoms with Crippen LogP contribution in [0.1, 0.15) is 45.4 Å². The lowest BCUT2D eigenvalue weighted by molar-refractivity contribution is 0.0336. The van der Waals surface area contributed by atoms with Crippen molar-refractivity contribution in [1.82, 2.24) is 25.1 Å². The maximum atomic E-state index is 14.6. The monoisotopic (exact) mass is 415 g/mol. The van der Waals surface area contributed by atoms with Crippen molar-refractivity contribution in [2.45, 2.75) is 51.2 Å². The van der Waals surface area contributed by atoms with Crippen molar-refractivity contribution in [1.29, 1.82) is 0 Å². The van der Waals surface area contributed by atoms with Gasteiger partial charge < -0.3 is 10.1 Å². The van der Waals surface area contributed by atoms with Crippen LogP contribution in [0, 0.1) is 5.82 Å². The Labute approximate surface area is 172 Å². The van der Waals surface area contributed by atoms with Crippen LogP contribution in [-0.4, -0.2) is 37.5 Å². The maximum Gasteiger partial charge on any atom is 0.407 e. The first-order valence-electron chi connectivity index (χ1n) is 9.40. The van der Waals surface area contributed by atoms with E-state index in [1.54, 1.807) is 29.0 Å². The Kier molecular flexibility index (Phi) is 5.08. The molecule has 2 heterocycles. The van der Waals surface area contributed by atoms with E-state index >= 15 is 0 Å². The molecule has 0 spiro atoms. The van der Waals surface area contributed by atoms with Crippen molar-refractivity contribution in [2.75, 3.05) is 0 Å². The molecule has 3 aromatic rings. The Morgan fingerprint density at radius 2 is 2.03 bits per heavy atom. The van der Waals surface area contributed by atoms with Gasteiger partial charge in [-0.2, -0.15) is 0 Å². The van der Waals surface area contributed by atoms with Gasteiger partial charge in [0.25, 0.3) is 0 Å². The molecule has 1 amide bonds. The molecule has 1 aliphatic rings. The quantitative estimate of drug-likeness (QED) is 0.687. The molecule has 29 heavy (non-hydrogen) atoms. The third kappa shape index (κ3) is 4.14. The van der Waals surface area contributed by atoms with Crippen LogP contribution in [0.4, 0.5) is 9.18 Å². The van der Waals surface area contributed by atoms with Crippen LogP contribution in [-0.2, 0) is 4.74 Å². The summed E-state index contributed by atoms with van der Waals surface area (Å²) in [6.07, 6.45) is 2.28. The number of hydrogen-bond acceptors (Lipinski definition) is 6. The number of alkyl carbamates (subject to hydrolysis) is 1. The van der Waals surface area contributed by atoms with Gasteiger partial charge in [-0.15, -0.1) is 21.5 Å². The first-order valence-corrected chi connectivity index (χ1v) is 10.3. The standard InChI is InChI=1S/C20H22FN5O2S/c1-20(2,3)23-19(27)28-13-10-12(11-13)16-24-25-17(18-22-8-9-29-18)26(16)15-7-5-4-6-14(15)21/h4-9,12-13H,10-11H2,1-3H3,(H,23,27). The van der Waals surface area contributed by atoms with Gasteiger partial charge in [0.2, 0.25) is 0 Å². The highest BCUT2D eigenvalue weighted by atomic mass is 32.1. The molecule has 1 aliphatic carbocycles. The number of aromatic nitrogens is 4. The van der Waals surface area contributed by atoms with E-state index in [1.165, 1.54) is 17.4 Å². The third-order valence-electron chi connectivity index (χ3n) is 4.62. The highest BCUT2D eigenvalue weighted by molar-refractivity contribution is 7.13. The molecule has 152 valence electrons. The summed E-state index contributed by atoms with van der Waals surface area (Å²) >= 11 is 1.42. The number of rotatable bonds is 4. The molecule has 0 bridgehead atoms. The average molecular weight is 415 g/mol. The fraction of sp³-hybridized carbons (Fsp3) is 0.400. The minimum atomic E-state index is -0.431. The minimum Gasteiger partial charge on any atom is -0.446 e. The molecular weight excluding hydrogens is 393 g/mol. The van der Waals surface area contributed by atoms with Crippen molar-refractivity contribution < 1.29 is 13.9 Å². The van der Waals surface area contributed by atoms with Crippen LogP contribution in [0.2, 0.25) is 0 Å². The summed E-state index contributed by atoms with van der Waals surface area (Å²) in [5.41, 5.74) is 0.0287. The van der Waals surface area contributed by atoms with Gasteiger partial charge in [-0.05, 0) is 45.7 Å². The molecule has 7 nitrogen and oxygen atoms in total. The predicted octanol–water partition coefficient (Wildman–Crippen LogP) is 4.30. The predicted molar refractivity (Wildman–Crippen MR) is 108 cm³/mol. The van der Waals surface area contributed by atoms with Crippen LogP contribution in [0.3, 0.4) is 0 Å². The summed E-state index contributed by atoms with van der Waals surface area (Å²) in [7, 11) is 0. The summed E-state index contributed by atoms with van der Waals surface area (Å²) < 4.78 is 21.8. The van der Waals surface area contributed by atoms with Crippen molar-refractivity contribution in [3.8, 4) is 16.5 Å². The minimum absolute atomic E-state index is 0.0169. The van der Waals surface area contributed by atoms with Gasteiger partial charge in [0, 0.05) is 23.0 Å². The second kappa shape index (κ2) is 7.55. The van der Waals surface area contributed by atoms with Gasteiger partial charge in [-0.3, -0.25) is 4.57 Å². The summed E-state index contributed by atoms with van der Waals surface area (Å²) in [5, 5.41) is 13.9. The van der Waals surface area contributed by atoms with E-state index in [0.29, 0.717) is 35.2 Å². The van der Waals surface area contributed by atoms with Crippen LogP contribution in [0.15, 0.2) is 35.8 Å². The molecule has 0 atom stereocenters. The van der Waals surface area contributed by atoms with Gasteiger partial charge in [0.05, 0.1) is 5.69 Å². The molecular formula is C20H22FN5O2S. The van der Waals surface area contributed by atoms with Gasteiger partial charge in [0.15, 0.2) is 10.8 Å². The summed E-state index contributed by atoms with van der Waals surface area (Å²) in [6.45, 7) is 5.69. The zero-order chi connectivity index (χ0) is 20.6. The van der Waals surface area contributed by atoms with Gasteiger partial charge in [0.1, 0.15) is 17.7 Å². The van der Waals surface area contributed by atoms with E-state index in [4.69, 9.17) is 4.74 Å². The lowest BCUT2D eigenvalue weighted by Crippen LogP contribution is -2.44. The van der Waals surface area contributed by atoms with Crippen LogP contribution in [0.25, 0.3) is 16.5 Å². The third-order valence-corrected chi connectivity index (χ3v) is 5.38. The number of ether oxygens (including phenoxy) is 1. The number of thiazole rings is 1. The number of amides is 1. The number of benzene rings is 1. The van der Waals surface area contributed by atoms with E-state index in [0.717, 1.165) is 0 Å². The largest absolute Gasteiger partial charge is 0.446 e. The number of nitrogens with one attached hydrogen (secondary N) is 1. The SMILES string of the molecule is CC(C)(C)NC(=O)OC1CC(c2nnc(-c3nccs3)n2-c2ccccc2F)C1. The number of nitrogens with zero attached hydrogens (tertiary/aromatic N) is 4. The normalized spacial score (nSPS) is 18.9. The summed E-state index contributed by atoms with van der Waals surface area (Å²) in [4.78, 5) is 16.3. The molecule has 4 rings (SSSR count). The number of carbonyl (C=O) groups is 1. The first kappa shape index (κ1) is 19.5. The Hall–Kier alpha value is -2.81. The Morgan fingerprint density at radius 1 is 1.28 bits per heavy atom. The first-order chi connectivity index (χ1) is 13.8. The number of para-hydroxylation sites is 1. The molecule has 2 aromatic heterocycles. The molecule has 9 heteroatoms. The maximum absolute atomic E-state index is 14.6. The van der Waals surface area contributed by atoms with Crippen LogP contribution in [0.5, 0.6) is 0 Å². The van der Waals surface area contributed by atoms with Crippen molar-refractivity contribution in [3.05, 3.63) is 47.5 Å². The number of hydrogen-bond donors (Lipinski definition) is 1. The topological polar surface area (TPSA) is 81.9 Å². The fourth-order valence-corrected chi connectivity index (χ4v) is 3.87. The highest BCUT2D eigenvalue weighted by Gasteiger charge is 2.38. The zero-order valence-corrected chi connectivity index (χ0v) is 17.2. The summed E-state index contributed by atoms with van der Waals surface area (Å²) in [6, 6.07) is 6.53. The molecule has 1 N–H and O–H groups in total. The molecule has 0 saturated heterocycles. The molecule has 0 unspecified atom stereocenters. The second-order valence-electron chi connectivity index (χ2n) is 8.08. The molecule has 0 aliphatic heterocycles. The smallest absolute Gasteiger partial charge is 0.407 e. The average Bonchev–Trinajstić information content (AvgIpc) is 3.26. The van der Waals surface area contributed by atoms with Gasteiger partial charge in [-0.1, -0.05) is 12.1 Å². The van der Waals surface area contributed by atoms with Gasteiger partial charge >= 0.3 is 6.09 Å². The number of carbonyl (C=O) groups excluding carboxylic acids is 1. The Morgan fingerprint density at radius 3 is 2.69 bits per heavy atom. The lowest BCUT2D eigenvalue weighted by Gasteiger charge is -2.35. The Balaban J connectivity index is 1.57. The summed E-state index contributed by atoms with van der Waals surface area (Å²) in [5.74, 6) is 0.817. The van der Waals surface area contributed by atoms with Crippen molar-refractivity contribution >= 4 is 17.4 Å². The van der Waals surface area contributed by atoms with Gasteiger partial charge in [-0.25, -0.2) is 14.2 Å².